The Morgan fingerprint density at radius 3 is 2.47 bits per heavy atom. The number of aromatic nitrogens is 1. The number of amides is 4. The van der Waals surface area contributed by atoms with Crippen molar-refractivity contribution in [3.05, 3.63) is 43.1 Å². The first-order valence-corrected chi connectivity index (χ1v) is 18.8. The highest BCUT2D eigenvalue weighted by Gasteiger charge is 2.62. The van der Waals surface area contributed by atoms with Crippen LogP contribution in [0.1, 0.15) is 58.3 Å². The van der Waals surface area contributed by atoms with Gasteiger partial charge in [0.25, 0.3) is 5.91 Å². The van der Waals surface area contributed by atoms with Crippen LogP contribution in [0.3, 0.4) is 0 Å². The summed E-state index contributed by atoms with van der Waals surface area (Å²) >= 11 is 0. The highest BCUT2D eigenvalue weighted by molar-refractivity contribution is 7.91. The largest absolute Gasteiger partial charge is 0.497 e. The van der Waals surface area contributed by atoms with Gasteiger partial charge in [-0.25, -0.2) is 18.2 Å². The van der Waals surface area contributed by atoms with E-state index in [0.29, 0.717) is 24.0 Å². The molecule has 2 heterocycles. The standard InChI is InChI=1S/C35H45N5O10S/c1-5-22-18-35(22,33(43)39-51(45,46)26-11-12-26)38-30(41)28-17-25(49-31-27-13-10-24(48-4)16-21(27)14-15-36-31)19-40(28)32(42)29(20(2)47-3)37-34(44)50-23-8-6-7-9-23/h5,10,13-16,20,22-23,25-26,28-29H,1,6-9,11-12,17-19H2,2-4H3,(H,37,44)(H,38,41)(H,39,43). The van der Waals surface area contributed by atoms with Crippen molar-refractivity contribution in [1.82, 2.24) is 25.2 Å². The van der Waals surface area contributed by atoms with Gasteiger partial charge in [0.1, 0.15) is 35.6 Å². The monoisotopic (exact) mass is 727 g/mol. The lowest BCUT2D eigenvalue weighted by Crippen LogP contribution is -2.60. The Morgan fingerprint density at radius 1 is 1.08 bits per heavy atom. The van der Waals surface area contributed by atoms with Crippen LogP contribution in [0.5, 0.6) is 11.6 Å². The van der Waals surface area contributed by atoms with Crippen molar-refractivity contribution in [1.29, 1.82) is 0 Å². The Morgan fingerprint density at radius 2 is 1.82 bits per heavy atom. The van der Waals surface area contributed by atoms with Crippen LogP contribution in [-0.4, -0.2) is 104 Å². The van der Waals surface area contributed by atoms with E-state index in [1.165, 1.54) is 18.1 Å². The van der Waals surface area contributed by atoms with Crippen LogP contribution in [0.4, 0.5) is 4.79 Å². The molecule has 4 amide bonds. The van der Waals surface area contributed by atoms with Crippen LogP contribution in [0.2, 0.25) is 0 Å². The van der Waals surface area contributed by atoms with Crippen molar-refractivity contribution >= 4 is 44.6 Å². The summed E-state index contributed by atoms with van der Waals surface area (Å²) in [7, 11) is -0.937. The van der Waals surface area contributed by atoms with Crippen molar-refractivity contribution < 1.29 is 46.5 Å². The Hall–Kier alpha value is -4.44. The average molecular weight is 728 g/mol. The summed E-state index contributed by atoms with van der Waals surface area (Å²) in [4.78, 5) is 60.7. The summed E-state index contributed by atoms with van der Waals surface area (Å²) in [5, 5.41) is 6.26. The van der Waals surface area contributed by atoms with Crippen LogP contribution < -0.4 is 24.8 Å². The van der Waals surface area contributed by atoms with Crippen molar-refractivity contribution in [3.63, 3.8) is 0 Å². The van der Waals surface area contributed by atoms with E-state index < -0.39 is 74.8 Å². The number of likely N-dealkylation sites (tertiary alicyclic amines) is 1. The molecule has 3 N–H and O–H groups in total. The predicted octanol–water partition coefficient (Wildman–Crippen LogP) is 2.33. The van der Waals surface area contributed by atoms with Crippen LogP contribution in [0.15, 0.2) is 43.1 Å². The summed E-state index contributed by atoms with van der Waals surface area (Å²) in [5.41, 5.74) is -1.56. The number of rotatable bonds is 14. The van der Waals surface area contributed by atoms with E-state index in [2.05, 4.69) is 26.9 Å². The molecule has 3 aliphatic carbocycles. The topological polar surface area (TPSA) is 192 Å². The normalized spacial score (nSPS) is 25.8. The second-order valence-corrected chi connectivity index (χ2v) is 15.7. The molecule has 1 aromatic carbocycles. The zero-order chi connectivity index (χ0) is 36.5. The van der Waals surface area contributed by atoms with Gasteiger partial charge in [-0.1, -0.05) is 6.08 Å². The number of sulfonamides is 1. The fourth-order valence-electron chi connectivity index (χ4n) is 6.91. The highest BCUT2D eigenvalue weighted by atomic mass is 32.2. The Bertz CT molecular complexity index is 1800. The molecule has 6 rings (SSSR count). The number of methoxy groups -OCH3 is 2. The average Bonchev–Trinajstić information content (AvgIpc) is 4.00. The third-order valence-corrected chi connectivity index (χ3v) is 12.1. The number of benzene rings is 1. The van der Waals surface area contributed by atoms with E-state index in [9.17, 15) is 27.6 Å². The maximum Gasteiger partial charge on any atom is 0.408 e. The maximum atomic E-state index is 14.4. The van der Waals surface area contributed by atoms with E-state index in [4.69, 9.17) is 18.9 Å². The van der Waals surface area contributed by atoms with E-state index >= 15 is 0 Å². The molecule has 1 saturated heterocycles. The van der Waals surface area contributed by atoms with Gasteiger partial charge in [0.2, 0.25) is 27.7 Å². The minimum atomic E-state index is -3.90. The van der Waals surface area contributed by atoms with Gasteiger partial charge in [-0.3, -0.25) is 19.1 Å². The third kappa shape index (κ3) is 7.76. The van der Waals surface area contributed by atoms with Gasteiger partial charge in [-0.15, -0.1) is 6.58 Å². The maximum absolute atomic E-state index is 14.4. The lowest BCUT2D eigenvalue weighted by atomic mass is 10.1. The fourth-order valence-corrected chi connectivity index (χ4v) is 8.28. The summed E-state index contributed by atoms with van der Waals surface area (Å²) < 4.78 is 50.2. The fraction of sp³-hybridized carbons (Fsp3) is 0.571. The molecule has 0 bridgehead atoms. The van der Waals surface area contributed by atoms with Crippen LogP contribution in [0, 0.1) is 5.92 Å². The third-order valence-electron chi connectivity index (χ3n) is 10.3. The number of ether oxygens (including phenoxy) is 4. The Labute approximate surface area is 296 Å². The Kier molecular flexibility index (Phi) is 10.4. The van der Waals surface area contributed by atoms with Gasteiger partial charge in [0, 0.05) is 31.0 Å². The van der Waals surface area contributed by atoms with E-state index in [0.717, 1.165) is 31.1 Å². The molecule has 51 heavy (non-hydrogen) atoms. The Balaban J connectivity index is 1.26. The van der Waals surface area contributed by atoms with Crippen LogP contribution in [0.25, 0.3) is 10.8 Å². The van der Waals surface area contributed by atoms with Gasteiger partial charge < -0.3 is 34.5 Å². The zero-order valence-electron chi connectivity index (χ0n) is 29.0. The van der Waals surface area contributed by atoms with Gasteiger partial charge in [0.05, 0.1) is 25.0 Å². The lowest BCUT2D eigenvalue weighted by molar-refractivity contribution is -0.143. The molecule has 4 aliphatic rings. The first-order chi connectivity index (χ1) is 24.4. The number of alkyl carbamates (subject to hydrolysis) is 1. The molecule has 15 nitrogen and oxygen atoms in total. The molecule has 3 saturated carbocycles. The predicted molar refractivity (Wildman–Crippen MR) is 184 cm³/mol. The number of hydrogen-bond acceptors (Lipinski definition) is 11. The lowest BCUT2D eigenvalue weighted by Gasteiger charge is -2.31. The summed E-state index contributed by atoms with van der Waals surface area (Å²) in [5.74, 6) is -1.77. The molecule has 6 atom stereocenters. The second kappa shape index (κ2) is 14.7. The molecular formula is C35H45N5O10S. The van der Waals surface area contributed by atoms with Crippen LogP contribution in [-0.2, 0) is 33.9 Å². The number of nitrogens with one attached hydrogen (secondary N) is 3. The summed E-state index contributed by atoms with van der Waals surface area (Å²) in [6, 6.07) is 4.80. The molecule has 1 aliphatic heterocycles. The van der Waals surface area contributed by atoms with Gasteiger partial charge in [-0.2, -0.15) is 0 Å². The molecule has 276 valence electrons. The van der Waals surface area contributed by atoms with E-state index in [-0.39, 0.29) is 31.4 Å². The smallest absolute Gasteiger partial charge is 0.408 e. The molecule has 1 aromatic heterocycles. The van der Waals surface area contributed by atoms with E-state index in [1.807, 2.05) is 6.07 Å². The van der Waals surface area contributed by atoms with Crippen molar-refractivity contribution in [2.45, 2.75) is 99.5 Å². The minimum absolute atomic E-state index is 0.00320. The zero-order valence-corrected chi connectivity index (χ0v) is 29.8. The number of hydrogen-bond donors (Lipinski definition) is 3. The highest BCUT2D eigenvalue weighted by Crippen LogP contribution is 2.45. The molecule has 16 heteroatoms. The molecule has 2 aromatic rings. The summed E-state index contributed by atoms with van der Waals surface area (Å²) in [6.45, 7) is 5.30. The SMILES string of the molecule is C=CC1CC1(NC(=O)C1CC(Oc2nccc3cc(OC)ccc23)CN1C(=O)C(NC(=O)OC1CCCC1)C(C)OC)C(=O)NS(=O)(=O)C1CC1. The van der Waals surface area contributed by atoms with Crippen molar-refractivity contribution in [2.24, 2.45) is 5.92 Å². The van der Waals surface area contributed by atoms with Crippen molar-refractivity contribution in [2.75, 3.05) is 20.8 Å². The summed E-state index contributed by atoms with van der Waals surface area (Å²) in [6.07, 6.45) is 4.90. The quantitative estimate of drug-likeness (QED) is 0.242. The molecule has 0 radical (unpaired) electrons. The van der Waals surface area contributed by atoms with Crippen LogP contribution >= 0.6 is 0 Å². The number of nitrogens with zero attached hydrogens (tertiary/aromatic N) is 2. The second-order valence-electron chi connectivity index (χ2n) is 13.7. The molecule has 4 fully saturated rings. The van der Waals surface area contributed by atoms with Gasteiger partial charge >= 0.3 is 6.09 Å². The van der Waals surface area contributed by atoms with E-state index in [1.54, 1.807) is 38.4 Å². The van der Waals surface area contributed by atoms with Gasteiger partial charge in [0.15, 0.2) is 0 Å². The van der Waals surface area contributed by atoms with Gasteiger partial charge in [-0.05, 0) is 81.5 Å². The number of carbonyl (C=O) groups excluding carboxylic acids is 4. The number of fused-ring (bicyclic) bond motifs is 1. The molecule has 6 unspecified atom stereocenters. The molecular weight excluding hydrogens is 682 g/mol. The van der Waals surface area contributed by atoms with Crippen molar-refractivity contribution in [3.8, 4) is 11.6 Å². The first kappa shape index (κ1) is 36.4. The molecule has 0 spiro atoms. The first-order valence-electron chi connectivity index (χ1n) is 17.3. The minimum Gasteiger partial charge on any atom is -0.497 e. The number of carbonyl (C=O) groups is 4. The number of pyridine rings is 1.